The lowest BCUT2D eigenvalue weighted by Crippen LogP contribution is -2.40. The molecule has 0 bridgehead atoms. The number of hydrogen-bond donors (Lipinski definition) is 1. The van der Waals surface area contributed by atoms with Gasteiger partial charge in [0.25, 0.3) is 0 Å². The number of amides is 1. The number of thiazole rings is 1. The van der Waals surface area contributed by atoms with Crippen molar-refractivity contribution in [3.8, 4) is 0 Å². The Morgan fingerprint density at radius 1 is 1.28 bits per heavy atom. The van der Waals surface area contributed by atoms with Crippen molar-refractivity contribution in [1.29, 1.82) is 0 Å². The first-order valence-electron chi connectivity index (χ1n) is 10.7. The molecule has 2 aromatic rings. The Morgan fingerprint density at radius 3 is 2.83 bits per heavy atom. The Labute approximate surface area is 174 Å². The molecule has 0 saturated carbocycles. The lowest BCUT2D eigenvalue weighted by Gasteiger charge is -2.30. The fraction of sp³-hybridized carbons (Fsp3) is 0.700. The Bertz CT molecular complexity index is 893. The van der Waals surface area contributed by atoms with E-state index in [1.807, 2.05) is 6.92 Å². The molecule has 158 valence electrons. The van der Waals surface area contributed by atoms with Crippen LogP contribution in [0, 0.1) is 12.8 Å². The lowest BCUT2D eigenvalue weighted by molar-refractivity contribution is -0.126. The predicted molar refractivity (Wildman–Crippen MR) is 112 cm³/mol. The van der Waals surface area contributed by atoms with Crippen molar-refractivity contribution < 1.29 is 4.79 Å². The molecule has 4 rings (SSSR count). The van der Waals surface area contributed by atoms with Crippen molar-refractivity contribution in [1.82, 2.24) is 29.5 Å². The van der Waals surface area contributed by atoms with E-state index in [9.17, 15) is 9.59 Å². The molecule has 1 amide bonds. The molecule has 1 saturated heterocycles. The van der Waals surface area contributed by atoms with E-state index in [1.54, 1.807) is 20.6 Å². The first-order valence-corrected chi connectivity index (χ1v) is 11.6. The summed E-state index contributed by atoms with van der Waals surface area (Å²) in [6, 6.07) is 0. The van der Waals surface area contributed by atoms with E-state index >= 15 is 0 Å². The number of piperidine rings is 1. The third kappa shape index (κ3) is 4.95. The number of aryl methyl sites for hydroxylation is 3. The van der Waals surface area contributed by atoms with Gasteiger partial charge in [0.1, 0.15) is 5.82 Å². The summed E-state index contributed by atoms with van der Waals surface area (Å²) in [5, 5.41) is 10.7. The van der Waals surface area contributed by atoms with Gasteiger partial charge in [-0.3, -0.25) is 14.3 Å². The summed E-state index contributed by atoms with van der Waals surface area (Å²) in [7, 11) is 0. The lowest BCUT2D eigenvalue weighted by atomic mass is 9.96. The van der Waals surface area contributed by atoms with Crippen molar-refractivity contribution in [2.45, 2.75) is 65.1 Å². The van der Waals surface area contributed by atoms with E-state index in [4.69, 9.17) is 0 Å². The highest BCUT2D eigenvalue weighted by Crippen LogP contribution is 2.20. The first kappa shape index (κ1) is 20.3. The van der Waals surface area contributed by atoms with Crippen LogP contribution in [0.15, 0.2) is 10.2 Å². The number of fused-ring (bicyclic) bond motifs is 1. The Morgan fingerprint density at radius 2 is 2.10 bits per heavy atom. The van der Waals surface area contributed by atoms with E-state index in [-0.39, 0.29) is 17.5 Å². The first-order chi connectivity index (χ1) is 14.1. The van der Waals surface area contributed by atoms with Crippen molar-refractivity contribution >= 4 is 17.2 Å². The Kier molecular flexibility index (Phi) is 6.44. The molecule has 0 radical (unpaired) electrons. The van der Waals surface area contributed by atoms with Gasteiger partial charge in [0.2, 0.25) is 5.91 Å². The number of nitrogens with zero attached hydrogens (tertiary/aromatic N) is 5. The second-order valence-corrected chi connectivity index (χ2v) is 9.15. The molecule has 0 aromatic carbocycles. The monoisotopic (exact) mass is 418 g/mol. The van der Waals surface area contributed by atoms with Gasteiger partial charge in [0, 0.05) is 43.9 Å². The zero-order chi connectivity index (χ0) is 20.2. The number of carbonyl (C=O) groups excluding carboxylic acids is 1. The zero-order valence-corrected chi connectivity index (χ0v) is 17.9. The van der Waals surface area contributed by atoms with Gasteiger partial charge in [0.15, 0.2) is 0 Å². The highest BCUT2D eigenvalue weighted by molar-refractivity contribution is 7.09. The average molecular weight is 419 g/mol. The van der Waals surface area contributed by atoms with E-state index in [0.29, 0.717) is 13.1 Å². The van der Waals surface area contributed by atoms with Crippen molar-refractivity contribution in [3.63, 3.8) is 0 Å². The average Bonchev–Trinajstić information content (AvgIpc) is 3.28. The summed E-state index contributed by atoms with van der Waals surface area (Å²) in [5.74, 6) is 1.14. The summed E-state index contributed by atoms with van der Waals surface area (Å²) in [5.41, 5.74) is 1.13. The van der Waals surface area contributed by atoms with Crippen LogP contribution < -0.4 is 11.0 Å². The summed E-state index contributed by atoms with van der Waals surface area (Å²) < 4.78 is 3.36. The highest BCUT2D eigenvalue weighted by atomic mass is 32.1. The molecule has 1 fully saturated rings. The number of aromatic nitrogens is 4. The number of rotatable bonds is 7. The van der Waals surface area contributed by atoms with E-state index < -0.39 is 0 Å². The van der Waals surface area contributed by atoms with Crippen molar-refractivity contribution in [2.75, 3.05) is 19.6 Å². The molecule has 0 spiro atoms. The summed E-state index contributed by atoms with van der Waals surface area (Å²) in [4.78, 5) is 31.7. The van der Waals surface area contributed by atoms with Crippen LogP contribution in [0.2, 0.25) is 0 Å². The summed E-state index contributed by atoms with van der Waals surface area (Å²) >= 11 is 1.69. The van der Waals surface area contributed by atoms with E-state index in [2.05, 4.69) is 25.7 Å². The minimum Gasteiger partial charge on any atom is -0.356 e. The van der Waals surface area contributed by atoms with E-state index in [0.717, 1.165) is 81.2 Å². The topological polar surface area (TPSA) is 85.1 Å². The maximum Gasteiger partial charge on any atom is 0.345 e. The van der Waals surface area contributed by atoms with Gasteiger partial charge < -0.3 is 5.32 Å². The van der Waals surface area contributed by atoms with Gasteiger partial charge in [-0.15, -0.1) is 11.3 Å². The quantitative estimate of drug-likeness (QED) is 0.690. The number of likely N-dealkylation sites (tertiary alicyclic amines) is 1. The molecule has 29 heavy (non-hydrogen) atoms. The molecular formula is C20H30N6O2S. The smallest absolute Gasteiger partial charge is 0.345 e. The minimum absolute atomic E-state index is 0.00583. The largest absolute Gasteiger partial charge is 0.356 e. The summed E-state index contributed by atoms with van der Waals surface area (Å²) in [6.07, 6.45) is 5.56. The van der Waals surface area contributed by atoms with Gasteiger partial charge in [0.05, 0.1) is 10.7 Å². The van der Waals surface area contributed by atoms with Gasteiger partial charge in [-0.2, -0.15) is 5.10 Å². The molecule has 0 atom stereocenters. The normalized spacial score (nSPS) is 18.0. The second kappa shape index (κ2) is 9.21. The maximum atomic E-state index is 12.5. The van der Waals surface area contributed by atoms with Crippen LogP contribution >= 0.6 is 11.3 Å². The molecule has 2 aliphatic heterocycles. The van der Waals surface area contributed by atoms with Crippen LogP contribution in [-0.4, -0.2) is 49.8 Å². The van der Waals surface area contributed by atoms with Crippen LogP contribution in [0.3, 0.4) is 0 Å². The van der Waals surface area contributed by atoms with E-state index in [1.165, 1.54) is 0 Å². The molecule has 0 unspecified atom stereocenters. The molecule has 4 heterocycles. The fourth-order valence-corrected chi connectivity index (χ4v) is 4.85. The molecule has 8 nitrogen and oxygen atoms in total. The highest BCUT2D eigenvalue weighted by Gasteiger charge is 2.25. The number of nitrogens with one attached hydrogen (secondary N) is 1. The van der Waals surface area contributed by atoms with Crippen molar-refractivity contribution in [3.05, 3.63) is 32.4 Å². The molecule has 1 N–H and O–H groups in total. The maximum absolute atomic E-state index is 12.5. The number of carbonyl (C=O) groups is 1. The van der Waals surface area contributed by atoms with Gasteiger partial charge in [-0.05, 0) is 52.1 Å². The van der Waals surface area contributed by atoms with Crippen LogP contribution in [0.4, 0.5) is 0 Å². The SMILES string of the molecule is Cc1nc(CN2CCC(C(=O)NCCCn3nc4n(c3=O)CCCC4)CC2)cs1. The van der Waals surface area contributed by atoms with Crippen LogP contribution in [0.5, 0.6) is 0 Å². The Balaban J connectivity index is 1.16. The second-order valence-electron chi connectivity index (χ2n) is 8.08. The zero-order valence-electron chi connectivity index (χ0n) is 17.1. The molecule has 0 aliphatic carbocycles. The predicted octanol–water partition coefficient (Wildman–Crippen LogP) is 1.56. The standard InChI is InChI=1S/C20H30N6O2S/c1-15-22-17(14-29-15)13-24-11-6-16(7-12-24)19(27)21-8-4-10-26-20(28)25-9-3-2-5-18(25)23-26/h14,16H,2-13H2,1H3,(H,21,27). The van der Waals surface area contributed by atoms with Gasteiger partial charge >= 0.3 is 5.69 Å². The third-order valence-corrected chi connectivity index (χ3v) is 6.71. The van der Waals surface area contributed by atoms with Gasteiger partial charge in [-0.25, -0.2) is 14.5 Å². The molecule has 2 aliphatic rings. The summed E-state index contributed by atoms with van der Waals surface area (Å²) in [6.45, 7) is 6.71. The van der Waals surface area contributed by atoms with Crippen LogP contribution in [0.25, 0.3) is 0 Å². The minimum atomic E-state index is -0.00583. The van der Waals surface area contributed by atoms with Gasteiger partial charge in [-0.1, -0.05) is 0 Å². The Hall–Kier alpha value is -2.00. The molecular weight excluding hydrogens is 388 g/mol. The molecule has 2 aromatic heterocycles. The van der Waals surface area contributed by atoms with Crippen LogP contribution in [0.1, 0.15) is 48.6 Å². The van der Waals surface area contributed by atoms with Crippen LogP contribution in [-0.2, 0) is 30.8 Å². The third-order valence-electron chi connectivity index (χ3n) is 5.89. The van der Waals surface area contributed by atoms with Crippen molar-refractivity contribution in [2.24, 2.45) is 5.92 Å². The fourth-order valence-electron chi connectivity index (χ4n) is 4.24. The number of hydrogen-bond acceptors (Lipinski definition) is 6. The molecule has 9 heteroatoms.